The summed E-state index contributed by atoms with van der Waals surface area (Å²) >= 11 is 11.9. The Bertz CT molecular complexity index is 1210. The van der Waals surface area contributed by atoms with Gasteiger partial charge in [0.25, 0.3) is 10.0 Å². The van der Waals surface area contributed by atoms with Crippen LogP contribution in [0.4, 0.5) is 5.69 Å². The highest BCUT2D eigenvalue weighted by atomic mass is 35.5. The topological polar surface area (TPSA) is 93.1 Å². The van der Waals surface area contributed by atoms with Gasteiger partial charge in [0.15, 0.2) is 0 Å². The molecule has 11 heteroatoms. The summed E-state index contributed by atoms with van der Waals surface area (Å²) in [6, 6.07) is 13.8. The zero-order valence-corrected chi connectivity index (χ0v) is 18.5. The molecule has 3 aromatic rings. The van der Waals surface area contributed by atoms with Gasteiger partial charge in [0.1, 0.15) is 11.4 Å². The van der Waals surface area contributed by atoms with Crippen molar-refractivity contribution >= 4 is 57.3 Å². The van der Waals surface area contributed by atoms with Crippen molar-refractivity contribution in [1.82, 2.24) is 0 Å². The Balaban J connectivity index is 2.35. The molecule has 0 amide bonds. The molecule has 3 rings (SSSR count). The molecule has 1 N–H and O–H groups in total. The van der Waals surface area contributed by atoms with Crippen molar-refractivity contribution in [2.75, 3.05) is 18.2 Å². The van der Waals surface area contributed by atoms with Gasteiger partial charge in [0, 0.05) is 22.1 Å². The number of ether oxygens (including phenoxy) is 1. The molecule has 29 heavy (non-hydrogen) atoms. The minimum Gasteiger partial charge on any atom is -0.494 e. The molecule has 0 heterocycles. The lowest BCUT2D eigenvalue weighted by molar-refractivity contribution is 0.276. The maximum atomic E-state index is 13.4. The van der Waals surface area contributed by atoms with Crippen LogP contribution in [-0.2, 0) is 19.2 Å². The summed E-state index contributed by atoms with van der Waals surface area (Å²) in [7, 11) is -7.49. The standard InChI is InChI=1S/C18H16Cl2NO6PS/c1-26-17-8-7-12-5-3-4-6-16(12)18(17)21(27-28(2,22)23)29(24,25)15-10-13(19)9-14(20)11-15/h3-11H,1-2H3,(H,22,23). The van der Waals surface area contributed by atoms with Gasteiger partial charge in [-0.3, -0.25) is 4.57 Å². The minimum absolute atomic E-state index is 0.0576. The van der Waals surface area contributed by atoms with E-state index in [0.29, 0.717) is 15.2 Å². The number of hydrogen-bond donors (Lipinski definition) is 1. The lowest BCUT2D eigenvalue weighted by atomic mass is 10.1. The molecule has 0 spiro atoms. The van der Waals surface area contributed by atoms with Crippen molar-refractivity contribution in [2.24, 2.45) is 0 Å². The van der Waals surface area contributed by atoms with E-state index in [1.165, 1.54) is 19.2 Å². The monoisotopic (exact) mass is 475 g/mol. The smallest absolute Gasteiger partial charge is 0.347 e. The lowest BCUT2D eigenvalue weighted by Crippen LogP contribution is -2.31. The third kappa shape index (κ3) is 4.69. The summed E-state index contributed by atoms with van der Waals surface area (Å²) in [6.07, 6.45) is 0. The molecule has 7 nitrogen and oxygen atoms in total. The van der Waals surface area contributed by atoms with Crippen molar-refractivity contribution in [3.05, 3.63) is 64.6 Å². The average molecular weight is 476 g/mol. The number of benzene rings is 3. The predicted molar refractivity (Wildman–Crippen MR) is 113 cm³/mol. The van der Waals surface area contributed by atoms with Crippen LogP contribution in [0.15, 0.2) is 59.5 Å². The van der Waals surface area contributed by atoms with Crippen LogP contribution >= 0.6 is 30.8 Å². The highest BCUT2D eigenvalue weighted by molar-refractivity contribution is 7.92. The van der Waals surface area contributed by atoms with Crippen molar-refractivity contribution in [2.45, 2.75) is 4.90 Å². The van der Waals surface area contributed by atoms with E-state index in [-0.39, 0.29) is 26.4 Å². The first-order chi connectivity index (χ1) is 13.5. The van der Waals surface area contributed by atoms with Gasteiger partial charge >= 0.3 is 7.60 Å². The lowest BCUT2D eigenvalue weighted by Gasteiger charge is -2.26. The number of anilines is 1. The average Bonchev–Trinajstić information content (AvgIpc) is 2.63. The molecule has 0 saturated carbocycles. The van der Waals surface area contributed by atoms with Gasteiger partial charge in [-0.05, 0) is 29.7 Å². The molecule has 0 aliphatic heterocycles. The second-order valence-corrected chi connectivity index (χ2v) is 10.5. The number of hydrogen-bond acceptors (Lipinski definition) is 5. The summed E-state index contributed by atoms with van der Waals surface area (Å²) in [4.78, 5) is 9.52. The van der Waals surface area contributed by atoms with E-state index in [1.807, 2.05) is 0 Å². The molecule has 0 aliphatic carbocycles. The maximum absolute atomic E-state index is 13.4. The van der Waals surface area contributed by atoms with Gasteiger partial charge in [0.05, 0.1) is 12.0 Å². The SMILES string of the molecule is COc1ccc2ccccc2c1N(OP(C)(=O)O)S(=O)(=O)c1cc(Cl)cc(Cl)c1. The third-order valence-electron chi connectivity index (χ3n) is 3.84. The highest BCUT2D eigenvalue weighted by Gasteiger charge is 2.35. The number of nitrogens with zero attached hydrogens (tertiary/aromatic N) is 1. The summed E-state index contributed by atoms with van der Waals surface area (Å²) in [6.45, 7) is 0.873. The van der Waals surface area contributed by atoms with Crippen LogP contribution < -0.4 is 9.21 Å². The Labute approximate surface area is 177 Å². The Morgan fingerprint density at radius 1 is 1.03 bits per heavy atom. The number of sulfonamides is 1. The number of halogens is 2. The number of rotatable bonds is 6. The van der Waals surface area contributed by atoms with E-state index in [2.05, 4.69) is 0 Å². The Hall–Kier alpha value is -1.80. The van der Waals surface area contributed by atoms with E-state index in [9.17, 15) is 17.9 Å². The van der Waals surface area contributed by atoms with E-state index in [4.69, 9.17) is 32.6 Å². The first kappa shape index (κ1) is 21.9. The van der Waals surface area contributed by atoms with Crippen LogP contribution in [0.5, 0.6) is 5.75 Å². The molecule has 154 valence electrons. The van der Waals surface area contributed by atoms with E-state index >= 15 is 0 Å². The van der Waals surface area contributed by atoms with Crippen molar-refractivity contribution < 1.29 is 27.2 Å². The molecular weight excluding hydrogens is 460 g/mol. The van der Waals surface area contributed by atoms with Crippen molar-refractivity contribution in [3.63, 3.8) is 0 Å². The molecule has 1 atom stereocenters. The molecule has 0 aromatic heterocycles. The quantitative estimate of drug-likeness (QED) is 0.393. The van der Waals surface area contributed by atoms with E-state index < -0.39 is 17.6 Å². The number of fused-ring (bicyclic) bond motifs is 1. The second-order valence-electron chi connectivity index (χ2n) is 6.06. The van der Waals surface area contributed by atoms with Crippen LogP contribution in [0.1, 0.15) is 0 Å². The minimum atomic E-state index is -4.53. The first-order valence-electron chi connectivity index (χ1n) is 8.10. The third-order valence-corrected chi connectivity index (χ3v) is 6.38. The number of methoxy groups -OCH3 is 1. The van der Waals surface area contributed by atoms with Gasteiger partial charge in [0.2, 0.25) is 0 Å². The second kappa shape index (κ2) is 8.14. The zero-order chi connectivity index (χ0) is 21.4. The zero-order valence-electron chi connectivity index (χ0n) is 15.2. The van der Waals surface area contributed by atoms with Crippen LogP contribution in [0.2, 0.25) is 10.0 Å². The first-order valence-corrected chi connectivity index (χ1v) is 12.3. The van der Waals surface area contributed by atoms with Crippen LogP contribution in [0.25, 0.3) is 10.8 Å². The fourth-order valence-electron chi connectivity index (χ4n) is 2.70. The Kier molecular flexibility index (Phi) is 6.15. The van der Waals surface area contributed by atoms with Crippen LogP contribution in [0, 0.1) is 0 Å². The van der Waals surface area contributed by atoms with Gasteiger partial charge in [-0.2, -0.15) is 13.0 Å². The fraction of sp³-hybridized carbons (Fsp3) is 0.111. The van der Waals surface area contributed by atoms with Crippen molar-refractivity contribution in [1.29, 1.82) is 0 Å². The summed E-state index contributed by atoms with van der Waals surface area (Å²) in [5.41, 5.74) is -0.0576. The van der Waals surface area contributed by atoms with E-state index in [0.717, 1.165) is 18.8 Å². The molecule has 0 radical (unpaired) electrons. The fourth-order valence-corrected chi connectivity index (χ4v) is 5.61. The largest absolute Gasteiger partial charge is 0.494 e. The molecule has 3 aromatic carbocycles. The molecule has 0 bridgehead atoms. The van der Waals surface area contributed by atoms with Crippen LogP contribution in [-0.4, -0.2) is 27.1 Å². The maximum Gasteiger partial charge on any atom is 0.347 e. The van der Waals surface area contributed by atoms with Gasteiger partial charge < -0.3 is 9.63 Å². The Morgan fingerprint density at radius 2 is 1.66 bits per heavy atom. The highest BCUT2D eigenvalue weighted by Crippen LogP contribution is 2.46. The molecule has 0 fully saturated rings. The molecule has 0 aliphatic rings. The van der Waals surface area contributed by atoms with E-state index in [1.54, 1.807) is 30.3 Å². The molecular formula is C18H16Cl2NO6PS. The van der Waals surface area contributed by atoms with Gasteiger partial charge in [-0.25, -0.2) is 0 Å². The Morgan fingerprint density at radius 3 is 2.24 bits per heavy atom. The van der Waals surface area contributed by atoms with Gasteiger partial charge in [-0.15, -0.1) is 4.47 Å². The summed E-state index contributed by atoms with van der Waals surface area (Å²) in [5.74, 6) is 0.119. The normalized spacial score (nSPS) is 13.8. The predicted octanol–water partition coefficient (Wildman–Crippen LogP) is 5.10. The summed E-state index contributed by atoms with van der Waals surface area (Å²) in [5, 5.41) is 1.24. The molecule has 1 unspecified atom stereocenters. The summed E-state index contributed by atoms with van der Waals surface area (Å²) < 4.78 is 49.7. The van der Waals surface area contributed by atoms with Gasteiger partial charge in [-0.1, -0.05) is 53.5 Å². The van der Waals surface area contributed by atoms with Crippen molar-refractivity contribution in [3.8, 4) is 5.75 Å². The molecule has 0 saturated heterocycles. The van der Waals surface area contributed by atoms with Crippen LogP contribution in [0.3, 0.4) is 0 Å².